The van der Waals surface area contributed by atoms with Gasteiger partial charge in [0, 0.05) is 12.8 Å². The number of hydrogen-bond acceptors (Lipinski definition) is 1. The Morgan fingerprint density at radius 2 is 1.42 bits per heavy atom. The molecule has 0 bridgehead atoms. The van der Waals surface area contributed by atoms with E-state index in [9.17, 15) is 4.79 Å². The highest BCUT2D eigenvalue weighted by Gasteiger charge is 1.95. The van der Waals surface area contributed by atoms with E-state index in [2.05, 4.69) is 0 Å². The number of carbonyl (C=O) groups excluding carboxylic acids is 1. The molecular formula is C11H22O. The lowest BCUT2D eigenvalue weighted by atomic mass is 10.2. The van der Waals surface area contributed by atoms with E-state index in [0.29, 0.717) is 12.2 Å². The smallest absolute Gasteiger partial charge is 0.132 e. The molecule has 1 heteroatoms. The van der Waals surface area contributed by atoms with E-state index in [0.717, 1.165) is 12.8 Å². The summed E-state index contributed by atoms with van der Waals surface area (Å²) in [6.45, 7) is 3.92. The molecule has 0 aromatic heterocycles. The second-order valence-electron chi connectivity index (χ2n) is 3.41. The van der Waals surface area contributed by atoms with Crippen molar-refractivity contribution in [1.82, 2.24) is 0 Å². The molecule has 0 aromatic carbocycles. The fourth-order valence-corrected chi connectivity index (χ4v) is 1.34. The van der Waals surface area contributed by atoms with Crippen LogP contribution in [-0.2, 0) is 4.79 Å². The van der Waals surface area contributed by atoms with Gasteiger partial charge >= 0.3 is 0 Å². The molecular weight excluding hydrogens is 148 g/mol. The summed E-state index contributed by atoms with van der Waals surface area (Å²) in [4.78, 5) is 10.4. The quantitative estimate of drug-likeness (QED) is 0.631. The summed E-state index contributed by atoms with van der Waals surface area (Å²) in [7, 11) is 0. The SMILES string of the molecule is C1CCCC1.CCCC(=O)CC. The summed E-state index contributed by atoms with van der Waals surface area (Å²) in [6.07, 6.45) is 9.96. The molecule has 0 radical (unpaired) electrons. The van der Waals surface area contributed by atoms with Crippen molar-refractivity contribution in [3.63, 3.8) is 0 Å². The Bertz CT molecular complexity index is 96.0. The van der Waals surface area contributed by atoms with Crippen molar-refractivity contribution in [3.8, 4) is 0 Å². The minimum absolute atomic E-state index is 0.377. The van der Waals surface area contributed by atoms with Gasteiger partial charge < -0.3 is 0 Å². The summed E-state index contributed by atoms with van der Waals surface area (Å²) < 4.78 is 0. The molecule has 0 aromatic rings. The highest BCUT2D eigenvalue weighted by molar-refractivity contribution is 5.77. The normalized spacial score (nSPS) is 15.2. The van der Waals surface area contributed by atoms with Crippen LogP contribution < -0.4 is 0 Å². The van der Waals surface area contributed by atoms with E-state index >= 15 is 0 Å². The minimum atomic E-state index is 0.377. The van der Waals surface area contributed by atoms with Crippen LogP contribution in [-0.4, -0.2) is 5.78 Å². The molecule has 0 atom stereocenters. The first-order valence-electron chi connectivity index (χ1n) is 5.33. The molecule has 1 fully saturated rings. The van der Waals surface area contributed by atoms with Crippen LogP contribution in [0.15, 0.2) is 0 Å². The van der Waals surface area contributed by atoms with Gasteiger partial charge in [0.2, 0.25) is 0 Å². The predicted octanol–water partition coefficient (Wildman–Crippen LogP) is 3.72. The van der Waals surface area contributed by atoms with Gasteiger partial charge in [0.15, 0.2) is 0 Å². The monoisotopic (exact) mass is 170 g/mol. The van der Waals surface area contributed by atoms with E-state index in [1.165, 1.54) is 32.1 Å². The van der Waals surface area contributed by atoms with E-state index in [4.69, 9.17) is 0 Å². The standard InChI is InChI=1S/C6H12O.C5H10/c1-3-5-6(7)4-2;1-2-4-5-3-1/h3-5H2,1-2H3;1-5H2. The van der Waals surface area contributed by atoms with Crippen LogP contribution in [0.3, 0.4) is 0 Å². The molecule has 1 rings (SSSR count). The van der Waals surface area contributed by atoms with Crippen molar-refractivity contribution in [2.24, 2.45) is 0 Å². The number of hydrogen-bond donors (Lipinski definition) is 0. The zero-order chi connectivity index (χ0) is 9.23. The van der Waals surface area contributed by atoms with Gasteiger partial charge in [-0.05, 0) is 6.42 Å². The third kappa shape index (κ3) is 7.77. The molecule has 1 nitrogen and oxygen atoms in total. The third-order valence-electron chi connectivity index (χ3n) is 2.17. The van der Waals surface area contributed by atoms with Crippen LogP contribution in [0.1, 0.15) is 65.2 Å². The van der Waals surface area contributed by atoms with Crippen LogP contribution in [0.2, 0.25) is 0 Å². The van der Waals surface area contributed by atoms with Gasteiger partial charge in [0.25, 0.3) is 0 Å². The zero-order valence-corrected chi connectivity index (χ0v) is 8.57. The van der Waals surface area contributed by atoms with Gasteiger partial charge in [-0.3, -0.25) is 4.79 Å². The lowest BCUT2D eigenvalue weighted by Gasteiger charge is -1.87. The molecule has 0 amide bonds. The molecule has 0 N–H and O–H groups in total. The Labute approximate surface area is 76.6 Å². The highest BCUT2D eigenvalue weighted by atomic mass is 16.1. The Morgan fingerprint density at radius 3 is 1.58 bits per heavy atom. The molecule has 1 aliphatic rings. The fraction of sp³-hybridized carbons (Fsp3) is 0.909. The molecule has 1 aliphatic carbocycles. The maximum atomic E-state index is 10.4. The average molecular weight is 170 g/mol. The van der Waals surface area contributed by atoms with Gasteiger partial charge in [-0.1, -0.05) is 46.0 Å². The van der Waals surface area contributed by atoms with Crippen LogP contribution in [0, 0.1) is 0 Å². The first-order chi connectivity index (χ1) is 5.81. The summed E-state index contributed by atoms with van der Waals surface area (Å²) in [5.41, 5.74) is 0. The second-order valence-corrected chi connectivity index (χ2v) is 3.41. The van der Waals surface area contributed by atoms with Gasteiger partial charge in [0.05, 0.1) is 0 Å². The summed E-state index contributed by atoms with van der Waals surface area (Å²) in [6, 6.07) is 0. The van der Waals surface area contributed by atoms with E-state index < -0.39 is 0 Å². The fourth-order valence-electron chi connectivity index (χ4n) is 1.34. The lowest BCUT2D eigenvalue weighted by molar-refractivity contribution is -0.118. The largest absolute Gasteiger partial charge is 0.300 e. The molecule has 0 heterocycles. The maximum absolute atomic E-state index is 10.4. The van der Waals surface area contributed by atoms with Gasteiger partial charge in [-0.2, -0.15) is 0 Å². The Hall–Kier alpha value is -0.330. The van der Waals surface area contributed by atoms with Gasteiger partial charge in [0.1, 0.15) is 5.78 Å². The first kappa shape index (κ1) is 11.7. The third-order valence-corrected chi connectivity index (χ3v) is 2.17. The van der Waals surface area contributed by atoms with Crippen molar-refractivity contribution >= 4 is 5.78 Å². The molecule has 0 spiro atoms. The van der Waals surface area contributed by atoms with Crippen molar-refractivity contribution in [2.45, 2.75) is 65.2 Å². The predicted molar refractivity (Wildman–Crippen MR) is 53.3 cm³/mol. The Balaban J connectivity index is 0.000000211. The van der Waals surface area contributed by atoms with Crippen molar-refractivity contribution < 1.29 is 4.79 Å². The van der Waals surface area contributed by atoms with Gasteiger partial charge in [-0.15, -0.1) is 0 Å². The second kappa shape index (κ2) is 8.76. The Morgan fingerprint density at radius 1 is 1.00 bits per heavy atom. The van der Waals surface area contributed by atoms with Crippen molar-refractivity contribution in [1.29, 1.82) is 0 Å². The summed E-state index contributed by atoms with van der Waals surface area (Å²) in [5, 5.41) is 0. The zero-order valence-electron chi connectivity index (χ0n) is 8.57. The van der Waals surface area contributed by atoms with Crippen LogP contribution in [0.5, 0.6) is 0 Å². The van der Waals surface area contributed by atoms with Crippen LogP contribution >= 0.6 is 0 Å². The lowest BCUT2D eigenvalue weighted by Crippen LogP contribution is -1.91. The number of ketones is 1. The number of carbonyl (C=O) groups is 1. The molecule has 72 valence electrons. The van der Waals surface area contributed by atoms with E-state index in [1.54, 1.807) is 0 Å². The van der Waals surface area contributed by atoms with E-state index in [-0.39, 0.29) is 0 Å². The number of rotatable bonds is 3. The molecule has 1 saturated carbocycles. The first-order valence-corrected chi connectivity index (χ1v) is 5.33. The average Bonchev–Trinajstić information content (AvgIpc) is 2.62. The minimum Gasteiger partial charge on any atom is -0.300 e. The van der Waals surface area contributed by atoms with Crippen molar-refractivity contribution in [3.05, 3.63) is 0 Å². The van der Waals surface area contributed by atoms with E-state index in [1.807, 2.05) is 13.8 Å². The van der Waals surface area contributed by atoms with Crippen LogP contribution in [0.25, 0.3) is 0 Å². The van der Waals surface area contributed by atoms with Gasteiger partial charge in [-0.25, -0.2) is 0 Å². The highest BCUT2D eigenvalue weighted by Crippen LogP contribution is 2.15. The molecule has 0 aliphatic heterocycles. The van der Waals surface area contributed by atoms with Crippen molar-refractivity contribution in [2.75, 3.05) is 0 Å². The maximum Gasteiger partial charge on any atom is 0.132 e. The van der Waals surface area contributed by atoms with Crippen LogP contribution in [0.4, 0.5) is 0 Å². The summed E-state index contributed by atoms with van der Waals surface area (Å²) >= 11 is 0. The molecule has 12 heavy (non-hydrogen) atoms. The molecule has 0 unspecified atom stereocenters. The summed E-state index contributed by atoms with van der Waals surface area (Å²) in [5.74, 6) is 0.377. The molecule has 0 saturated heterocycles. The number of Topliss-reactive ketones (excluding diaryl/α,β-unsaturated/α-hetero) is 1. The topological polar surface area (TPSA) is 17.1 Å². The Kier molecular flexibility index (Phi) is 8.52.